The van der Waals surface area contributed by atoms with Crippen molar-refractivity contribution in [1.82, 2.24) is 20.3 Å². The standard InChI is InChI=1S/C16H18N4S/c1-17-15(8-7-13-9-10-21-12-13)16-11-18-20(19-16)14-5-3-2-4-6-14/h2-6,9-12,15,17H,7-8H2,1H3. The van der Waals surface area contributed by atoms with Gasteiger partial charge in [0.25, 0.3) is 0 Å². The normalized spacial score (nSPS) is 12.4. The first-order valence-corrected chi connectivity index (χ1v) is 7.97. The first-order chi connectivity index (χ1) is 10.4. The first kappa shape index (κ1) is 14.0. The average molecular weight is 298 g/mol. The van der Waals surface area contributed by atoms with Crippen molar-refractivity contribution in [3.63, 3.8) is 0 Å². The van der Waals surface area contributed by atoms with Gasteiger partial charge in [0.05, 0.1) is 17.9 Å². The molecular weight excluding hydrogens is 280 g/mol. The van der Waals surface area contributed by atoms with Gasteiger partial charge >= 0.3 is 0 Å². The summed E-state index contributed by atoms with van der Waals surface area (Å²) in [6.45, 7) is 0. The van der Waals surface area contributed by atoms with Gasteiger partial charge in [0.2, 0.25) is 0 Å². The minimum absolute atomic E-state index is 0.224. The largest absolute Gasteiger partial charge is 0.312 e. The molecule has 0 saturated heterocycles. The van der Waals surface area contributed by atoms with Crippen LogP contribution in [0.1, 0.15) is 23.7 Å². The van der Waals surface area contributed by atoms with E-state index in [1.54, 1.807) is 16.1 Å². The molecule has 0 spiro atoms. The average Bonchev–Trinajstić information content (AvgIpc) is 3.20. The summed E-state index contributed by atoms with van der Waals surface area (Å²) >= 11 is 1.74. The Hall–Kier alpha value is -1.98. The predicted molar refractivity (Wildman–Crippen MR) is 85.8 cm³/mol. The smallest absolute Gasteiger partial charge is 0.100 e. The van der Waals surface area contributed by atoms with E-state index in [1.807, 2.05) is 43.6 Å². The number of para-hydroxylation sites is 1. The monoisotopic (exact) mass is 298 g/mol. The van der Waals surface area contributed by atoms with Gasteiger partial charge in [0, 0.05) is 0 Å². The summed E-state index contributed by atoms with van der Waals surface area (Å²) in [6.07, 6.45) is 3.91. The molecule has 0 amide bonds. The van der Waals surface area contributed by atoms with Crippen molar-refractivity contribution < 1.29 is 0 Å². The van der Waals surface area contributed by atoms with E-state index in [0.717, 1.165) is 24.2 Å². The number of nitrogens with zero attached hydrogens (tertiary/aromatic N) is 3. The SMILES string of the molecule is CNC(CCc1ccsc1)c1cnn(-c2ccccc2)n1. The van der Waals surface area contributed by atoms with E-state index in [-0.39, 0.29) is 6.04 Å². The highest BCUT2D eigenvalue weighted by atomic mass is 32.1. The maximum absolute atomic E-state index is 4.60. The Morgan fingerprint density at radius 3 is 2.81 bits per heavy atom. The Bertz CT molecular complexity index is 661. The Labute approximate surface area is 128 Å². The van der Waals surface area contributed by atoms with Gasteiger partial charge < -0.3 is 5.32 Å². The maximum Gasteiger partial charge on any atom is 0.100 e. The number of thiophene rings is 1. The van der Waals surface area contributed by atoms with Crippen LogP contribution in [-0.2, 0) is 6.42 Å². The lowest BCUT2D eigenvalue weighted by atomic mass is 10.1. The van der Waals surface area contributed by atoms with Gasteiger partial charge in [-0.05, 0) is 54.4 Å². The highest BCUT2D eigenvalue weighted by Crippen LogP contribution is 2.18. The van der Waals surface area contributed by atoms with Crippen molar-refractivity contribution in [2.24, 2.45) is 0 Å². The van der Waals surface area contributed by atoms with Gasteiger partial charge in [-0.2, -0.15) is 26.3 Å². The Morgan fingerprint density at radius 1 is 1.24 bits per heavy atom. The molecule has 3 rings (SSSR count). The molecule has 3 aromatic rings. The number of aromatic nitrogens is 3. The third kappa shape index (κ3) is 3.37. The predicted octanol–water partition coefficient (Wildman–Crippen LogP) is 3.22. The fourth-order valence-electron chi connectivity index (χ4n) is 2.31. The van der Waals surface area contributed by atoms with Crippen LogP contribution in [0.15, 0.2) is 53.4 Å². The summed E-state index contributed by atoms with van der Waals surface area (Å²) in [5.74, 6) is 0. The minimum Gasteiger partial charge on any atom is -0.312 e. The number of hydrogen-bond donors (Lipinski definition) is 1. The van der Waals surface area contributed by atoms with E-state index < -0.39 is 0 Å². The molecule has 1 atom stereocenters. The van der Waals surface area contributed by atoms with Crippen LogP contribution < -0.4 is 5.32 Å². The van der Waals surface area contributed by atoms with E-state index in [1.165, 1.54) is 5.56 Å². The Morgan fingerprint density at radius 2 is 2.10 bits per heavy atom. The van der Waals surface area contributed by atoms with E-state index in [0.29, 0.717) is 0 Å². The van der Waals surface area contributed by atoms with Gasteiger partial charge in [-0.1, -0.05) is 18.2 Å². The number of nitrogens with one attached hydrogen (secondary N) is 1. The topological polar surface area (TPSA) is 42.7 Å². The van der Waals surface area contributed by atoms with Crippen LogP contribution in [-0.4, -0.2) is 22.0 Å². The second-order valence-corrected chi connectivity index (χ2v) is 5.69. The molecule has 21 heavy (non-hydrogen) atoms. The number of aryl methyl sites for hydroxylation is 1. The molecule has 108 valence electrons. The van der Waals surface area contributed by atoms with E-state index in [9.17, 15) is 0 Å². The van der Waals surface area contributed by atoms with Crippen molar-refractivity contribution in [2.45, 2.75) is 18.9 Å². The van der Waals surface area contributed by atoms with Crippen LogP contribution in [0.25, 0.3) is 5.69 Å². The first-order valence-electron chi connectivity index (χ1n) is 7.03. The van der Waals surface area contributed by atoms with Gasteiger partial charge in [-0.3, -0.25) is 0 Å². The maximum atomic E-state index is 4.60. The van der Waals surface area contributed by atoms with Crippen LogP contribution in [0.5, 0.6) is 0 Å². The van der Waals surface area contributed by atoms with Crippen LogP contribution in [0.3, 0.4) is 0 Å². The molecule has 0 aliphatic rings. The fourth-order valence-corrected chi connectivity index (χ4v) is 3.01. The third-order valence-electron chi connectivity index (χ3n) is 3.50. The summed E-state index contributed by atoms with van der Waals surface area (Å²) < 4.78 is 0. The summed E-state index contributed by atoms with van der Waals surface area (Å²) in [4.78, 5) is 1.68. The molecule has 0 fully saturated rings. The van der Waals surface area contributed by atoms with Crippen LogP contribution >= 0.6 is 11.3 Å². The highest BCUT2D eigenvalue weighted by Gasteiger charge is 2.14. The third-order valence-corrected chi connectivity index (χ3v) is 4.24. The van der Waals surface area contributed by atoms with Crippen molar-refractivity contribution in [2.75, 3.05) is 7.05 Å². The molecule has 0 radical (unpaired) electrons. The lowest BCUT2D eigenvalue weighted by Gasteiger charge is -2.12. The minimum atomic E-state index is 0.224. The number of hydrogen-bond acceptors (Lipinski definition) is 4. The molecule has 1 aromatic carbocycles. The second-order valence-electron chi connectivity index (χ2n) is 4.91. The zero-order valence-electron chi connectivity index (χ0n) is 11.9. The molecule has 0 aliphatic heterocycles. The second kappa shape index (κ2) is 6.65. The molecular formula is C16H18N4S. The molecule has 2 aromatic heterocycles. The van der Waals surface area contributed by atoms with E-state index in [2.05, 4.69) is 32.3 Å². The van der Waals surface area contributed by atoms with Crippen molar-refractivity contribution in [1.29, 1.82) is 0 Å². The molecule has 2 heterocycles. The summed E-state index contributed by atoms with van der Waals surface area (Å²) in [7, 11) is 1.97. The molecule has 5 heteroatoms. The summed E-state index contributed by atoms with van der Waals surface area (Å²) in [5.41, 5.74) is 3.35. The zero-order valence-corrected chi connectivity index (χ0v) is 12.8. The quantitative estimate of drug-likeness (QED) is 0.760. The van der Waals surface area contributed by atoms with Crippen LogP contribution in [0.4, 0.5) is 0 Å². The molecule has 0 aliphatic carbocycles. The number of benzene rings is 1. The van der Waals surface area contributed by atoms with Gasteiger partial charge in [-0.25, -0.2) is 0 Å². The fraction of sp³-hybridized carbons (Fsp3) is 0.250. The summed E-state index contributed by atoms with van der Waals surface area (Å²) in [6, 6.07) is 12.4. The lowest BCUT2D eigenvalue weighted by molar-refractivity contribution is 0.530. The Balaban J connectivity index is 1.71. The van der Waals surface area contributed by atoms with Gasteiger partial charge in [0.15, 0.2) is 0 Å². The summed E-state index contributed by atoms with van der Waals surface area (Å²) in [5, 5.41) is 16.6. The molecule has 0 bridgehead atoms. The van der Waals surface area contributed by atoms with Crippen molar-refractivity contribution in [3.8, 4) is 5.69 Å². The van der Waals surface area contributed by atoms with Gasteiger partial charge in [-0.15, -0.1) is 0 Å². The molecule has 1 unspecified atom stereocenters. The van der Waals surface area contributed by atoms with Gasteiger partial charge in [0.1, 0.15) is 5.69 Å². The van der Waals surface area contributed by atoms with Crippen molar-refractivity contribution in [3.05, 3.63) is 64.6 Å². The lowest BCUT2D eigenvalue weighted by Crippen LogP contribution is -2.18. The van der Waals surface area contributed by atoms with Crippen molar-refractivity contribution >= 4 is 11.3 Å². The van der Waals surface area contributed by atoms with E-state index in [4.69, 9.17) is 0 Å². The molecule has 4 nitrogen and oxygen atoms in total. The molecule has 1 N–H and O–H groups in total. The number of rotatable bonds is 6. The highest BCUT2D eigenvalue weighted by molar-refractivity contribution is 7.07. The zero-order chi connectivity index (χ0) is 14.5. The molecule has 0 saturated carbocycles. The van der Waals surface area contributed by atoms with E-state index >= 15 is 0 Å². The Kier molecular flexibility index (Phi) is 4.43. The van der Waals surface area contributed by atoms with Crippen LogP contribution in [0, 0.1) is 0 Å². The van der Waals surface area contributed by atoms with Crippen LogP contribution in [0.2, 0.25) is 0 Å².